The van der Waals surface area contributed by atoms with Crippen molar-refractivity contribution in [1.82, 2.24) is 35.0 Å². The Kier molecular flexibility index (Phi) is 11.4. The molecule has 0 unspecified atom stereocenters. The molecule has 1 aliphatic carbocycles. The number of aryl methyl sites for hydroxylation is 1. The summed E-state index contributed by atoms with van der Waals surface area (Å²) in [5.74, 6) is -0.913. The zero-order valence-electron chi connectivity index (χ0n) is 34.5. The van der Waals surface area contributed by atoms with E-state index in [1.54, 1.807) is 25.4 Å². The van der Waals surface area contributed by atoms with Gasteiger partial charge in [0.1, 0.15) is 11.1 Å². The summed E-state index contributed by atoms with van der Waals surface area (Å²) in [4.78, 5) is 90.1. The Balaban J connectivity index is 0.735. The smallest absolute Gasteiger partial charge is 0.293 e. The number of rotatable bonds is 11. The lowest BCUT2D eigenvalue weighted by Crippen LogP contribution is -2.54. The lowest BCUT2D eigenvalue weighted by Gasteiger charge is -2.47. The van der Waals surface area contributed by atoms with E-state index in [2.05, 4.69) is 30.7 Å². The Hall–Kier alpha value is -5.91. The number of ether oxygens (including phenoxy) is 2. The minimum absolute atomic E-state index is 0.0723. The molecule has 0 bridgehead atoms. The van der Waals surface area contributed by atoms with Gasteiger partial charge in [-0.25, -0.2) is 4.98 Å². The van der Waals surface area contributed by atoms with Crippen LogP contribution in [0.1, 0.15) is 83.6 Å². The number of piperidine rings is 3. The fourth-order valence-electron chi connectivity index (χ4n) is 9.34. The molecule has 6 heterocycles. The molecule has 3 saturated heterocycles. The van der Waals surface area contributed by atoms with Crippen LogP contribution in [0, 0.1) is 0 Å². The predicted octanol–water partition coefficient (Wildman–Crippen LogP) is 3.65. The largest absolute Gasteiger partial charge is 0.478 e. The van der Waals surface area contributed by atoms with Crippen molar-refractivity contribution < 1.29 is 33.4 Å². The number of pyridine rings is 1. The van der Waals surface area contributed by atoms with Crippen molar-refractivity contribution in [1.29, 1.82) is 0 Å². The third-order valence-corrected chi connectivity index (χ3v) is 13.3. The summed E-state index contributed by atoms with van der Waals surface area (Å²) in [6, 6.07) is 12.1. The second kappa shape index (κ2) is 17.1. The molecule has 4 aromatic rings. The molecule has 17 nitrogen and oxygen atoms in total. The summed E-state index contributed by atoms with van der Waals surface area (Å²) in [6.07, 6.45) is 7.82. The lowest BCUT2D eigenvalue weighted by atomic mass is 9.83. The number of benzene rings is 2. The first-order valence-corrected chi connectivity index (χ1v) is 21.6. The maximum Gasteiger partial charge on any atom is 0.293 e. The molecule has 3 N–H and O–H groups in total. The topological polar surface area (TPSA) is 197 Å². The average molecular weight is 866 g/mol. The van der Waals surface area contributed by atoms with Gasteiger partial charge in [0.05, 0.1) is 35.0 Å². The number of carbonyl (C=O) groups is 5. The van der Waals surface area contributed by atoms with E-state index in [0.29, 0.717) is 45.2 Å². The number of hydrogen-bond donors (Lipinski definition) is 3. The first-order valence-electron chi connectivity index (χ1n) is 21.2. The molecule has 2 aromatic carbocycles. The van der Waals surface area contributed by atoms with Crippen LogP contribution in [0.4, 0.5) is 17.5 Å². The molecule has 2 aromatic heterocycles. The van der Waals surface area contributed by atoms with E-state index in [9.17, 15) is 28.8 Å². The molecular weight excluding hydrogens is 818 g/mol. The van der Waals surface area contributed by atoms with Gasteiger partial charge in [-0.1, -0.05) is 17.7 Å². The quantitative estimate of drug-likeness (QED) is 0.185. The van der Waals surface area contributed by atoms with Gasteiger partial charge in [0, 0.05) is 50.7 Å². The fourth-order valence-corrected chi connectivity index (χ4v) is 9.47. The van der Waals surface area contributed by atoms with Gasteiger partial charge in [-0.2, -0.15) is 4.98 Å². The third-order valence-electron chi connectivity index (χ3n) is 13.0. The van der Waals surface area contributed by atoms with Gasteiger partial charge in [-0.3, -0.25) is 39.0 Å². The Labute approximate surface area is 362 Å². The van der Waals surface area contributed by atoms with E-state index in [0.717, 1.165) is 80.6 Å². The molecule has 0 spiro atoms. The van der Waals surface area contributed by atoms with E-state index in [4.69, 9.17) is 26.1 Å². The standard InChI is InChI=1S/C44H48ClN9O8/c1-46-38(56)23-61-36-19-26-17-27(4-6-34(26)51(2)43(36)60)48-39-33(45)22-47-44(50-39)53-15-11-29(12-16-53)62-30-20-28(21-30)52-13-9-24(10-14-52)25-3-5-31-32(18-25)42(59)54(41(31)58)35-7-8-37(55)49-40(35)57/h3-6,17-19,22,24,28-30,35H,7-16,20-21,23H2,1-2H3,(H,46,56)(H,47,48,50)(H,49,55,57)/t28?,30?,35-/m1/s1. The fraction of sp³-hybridized carbons (Fsp3) is 0.455. The van der Waals surface area contributed by atoms with Gasteiger partial charge >= 0.3 is 0 Å². The van der Waals surface area contributed by atoms with Crippen molar-refractivity contribution in [2.45, 2.75) is 81.6 Å². The minimum Gasteiger partial charge on any atom is -0.478 e. The predicted molar refractivity (Wildman–Crippen MR) is 229 cm³/mol. The number of anilines is 3. The summed E-state index contributed by atoms with van der Waals surface area (Å²) in [7, 11) is 3.16. The number of fused-ring (bicyclic) bond motifs is 2. The van der Waals surface area contributed by atoms with Crippen molar-refractivity contribution >= 4 is 69.5 Å². The van der Waals surface area contributed by atoms with Crippen LogP contribution < -0.4 is 31.1 Å². The van der Waals surface area contributed by atoms with Gasteiger partial charge < -0.3 is 34.5 Å². The normalized spacial score (nSPS) is 22.4. The van der Waals surface area contributed by atoms with Crippen LogP contribution in [-0.2, 0) is 26.2 Å². The molecule has 5 amide bonds. The molecule has 1 saturated carbocycles. The van der Waals surface area contributed by atoms with E-state index in [1.165, 1.54) is 11.6 Å². The van der Waals surface area contributed by atoms with E-state index < -0.39 is 29.7 Å². The van der Waals surface area contributed by atoms with Gasteiger partial charge in [0.2, 0.25) is 17.8 Å². The van der Waals surface area contributed by atoms with Crippen LogP contribution in [0.25, 0.3) is 10.9 Å². The highest BCUT2D eigenvalue weighted by molar-refractivity contribution is 6.33. The molecule has 1 atom stereocenters. The number of amides is 5. The van der Waals surface area contributed by atoms with Crippen LogP contribution in [0.15, 0.2) is 53.5 Å². The van der Waals surface area contributed by atoms with Crippen LogP contribution in [0.3, 0.4) is 0 Å². The summed E-state index contributed by atoms with van der Waals surface area (Å²) in [6.45, 7) is 3.12. The number of aromatic nitrogens is 3. The number of likely N-dealkylation sites (tertiary alicyclic amines) is 1. The molecule has 9 rings (SSSR count). The Morgan fingerprint density at radius 1 is 0.903 bits per heavy atom. The number of imide groups is 2. The van der Waals surface area contributed by atoms with Crippen molar-refractivity contribution in [3.8, 4) is 5.75 Å². The van der Waals surface area contributed by atoms with Crippen LogP contribution in [0.5, 0.6) is 5.75 Å². The van der Waals surface area contributed by atoms with Crippen molar-refractivity contribution in [3.05, 3.63) is 80.7 Å². The Morgan fingerprint density at radius 2 is 1.66 bits per heavy atom. The third kappa shape index (κ3) is 8.11. The van der Waals surface area contributed by atoms with Gasteiger partial charge in [-0.05, 0) is 106 Å². The maximum atomic E-state index is 13.4. The molecule has 0 radical (unpaired) electrons. The highest BCUT2D eigenvalue weighted by Gasteiger charge is 2.45. The first kappa shape index (κ1) is 41.4. The molecule has 324 valence electrons. The molecule has 4 aliphatic heterocycles. The summed E-state index contributed by atoms with van der Waals surface area (Å²) in [5, 5.41) is 9.12. The molecule has 5 aliphatic rings. The number of nitrogens with one attached hydrogen (secondary N) is 3. The number of nitrogens with zero attached hydrogens (tertiary/aromatic N) is 6. The SMILES string of the molecule is CNC(=O)COc1cc2cc(Nc3nc(N4CCC(OC5CC(N6CCC(c7ccc8c(c7)C(=O)N([C@@H]7CCC(=O)NC7=O)C8=O)CC6)C5)CC4)ncc3Cl)ccc2n(C)c1=O. The van der Waals surface area contributed by atoms with Crippen LogP contribution in [-0.4, -0.2) is 118 Å². The minimum atomic E-state index is -0.969. The van der Waals surface area contributed by atoms with E-state index in [1.807, 2.05) is 30.3 Å². The number of halogens is 1. The van der Waals surface area contributed by atoms with Crippen molar-refractivity contribution in [2.75, 3.05) is 50.1 Å². The number of carbonyl (C=O) groups excluding carboxylic acids is 5. The van der Waals surface area contributed by atoms with Gasteiger partial charge in [0.15, 0.2) is 18.2 Å². The molecule has 18 heteroatoms. The highest BCUT2D eigenvalue weighted by atomic mass is 35.5. The average Bonchev–Trinajstić information content (AvgIpc) is 3.51. The van der Waals surface area contributed by atoms with Crippen molar-refractivity contribution in [2.24, 2.45) is 7.05 Å². The number of hydrogen-bond acceptors (Lipinski definition) is 13. The maximum absolute atomic E-state index is 13.4. The molecular formula is C44H48ClN9O8. The molecule has 4 fully saturated rings. The Bertz CT molecular complexity index is 2530. The second-order valence-corrected chi connectivity index (χ2v) is 17.1. The number of likely N-dealkylation sites (N-methyl/N-ethyl adjacent to an activating group) is 1. The van der Waals surface area contributed by atoms with Gasteiger partial charge in [-0.15, -0.1) is 0 Å². The summed E-state index contributed by atoms with van der Waals surface area (Å²) >= 11 is 6.55. The summed E-state index contributed by atoms with van der Waals surface area (Å²) in [5.41, 5.74) is 2.74. The van der Waals surface area contributed by atoms with E-state index >= 15 is 0 Å². The van der Waals surface area contributed by atoms with E-state index in [-0.39, 0.29) is 54.8 Å². The van der Waals surface area contributed by atoms with Crippen LogP contribution in [0.2, 0.25) is 5.02 Å². The monoisotopic (exact) mass is 865 g/mol. The van der Waals surface area contributed by atoms with Gasteiger partial charge in [0.25, 0.3) is 23.3 Å². The Morgan fingerprint density at radius 3 is 2.40 bits per heavy atom. The lowest BCUT2D eigenvalue weighted by molar-refractivity contribution is -0.136. The van der Waals surface area contributed by atoms with Crippen LogP contribution >= 0.6 is 11.6 Å². The zero-order chi connectivity index (χ0) is 43.2. The summed E-state index contributed by atoms with van der Waals surface area (Å²) < 4.78 is 13.6. The second-order valence-electron chi connectivity index (χ2n) is 16.7. The van der Waals surface area contributed by atoms with Crippen molar-refractivity contribution in [3.63, 3.8) is 0 Å². The molecule has 62 heavy (non-hydrogen) atoms. The first-order chi connectivity index (χ1) is 29.9. The zero-order valence-corrected chi connectivity index (χ0v) is 35.3. The highest BCUT2D eigenvalue weighted by Crippen LogP contribution is 2.38.